The molecule has 0 N–H and O–H groups in total. The van der Waals surface area contributed by atoms with Gasteiger partial charge in [0.25, 0.3) is 0 Å². The lowest BCUT2D eigenvalue weighted by Crippen LogP contribution is -2.40. The molecule has 0 heterocycles. The Morgan fingerprint density at radius 2 is 1.69 bits per heavy atom. The van der Waals surface area contributed by atoms with Crippen LogP contribution in [-0.4, -0.2) is 28.0 Å². The Morgan fingerprint density at radius 3 is 2.00 bits per heavy atom. The highest BCUT2D eigenvalue weighted by Gasteiger charge is 2.36. The van der Waals surface area contributed by atoms with Gasteiger partial charge in [-0.2, -0.15) is 13.2 Å². The Labute approximate surface area is 77.3 Å². The summed E-state index contributed by atoms with van der Waals surface area (Å²) in [5, 5.41) is 0. The van der Waals surface area contributed by atoms with Gasteiger partial charge in [-0.25, -0.2) is 0 Å². The molecule has 6 heteroatoms. The van der Waals surface area contributed by atoms with E-state index in [1.807, 2.05) is 0 Å². The zero-order chi connectivity index (χ0) is 10.5. The molecular formula is C7H15F3O2Si. The third-order valence-electron chi connectivity index (χ3n) is 1.63. The molecule has 0 radical (unpaired) electrons. The van der Waals surface area contributed by atoms with Crippen LogP contribution < -0.4 is 0 Å². The number of alkyl halides is 3. The molecule has 80 valence electrons. The van der Waals surface area contributed by atoms with Crippen molar-refractivity contribution in [3.63, 3.8) is 0 Å². The lowest BCUT2D eigenvalue weighted by atomic mass is 10.7. The lowest BCUT2D eigenvalue weighted by molar-refractivity contribution is -0.158. The van der Waals surface area contributed by atoms with E-state index in [9.17, 15) is 13.2 Å². The summed E-state index contributed by atoms with van der Waals surface area (Å²) in [5.41, 5.74) is 0. The van der Waals surface area contributed by atoms with Crippen molar-refractivity contribution >= 4 is 8.56 Å². The van der Waals surface area contributed by atoms with Gasteiger partial charge in [-0.05, 0) is 19.5 Å². The fourth-order valence-electron chi connectivity index (χ4n) is 0.786. The maximum absolute atomic E-state index is 11.8. The highest BCUT2D eigenvalue weighted by Crippen LogP contribution is 2.20. The molecule has 0 rings (SSSR count). The molecule has 0 bridgehead atoms. The first-order valence-corrected chi connectivity index (χ1v) is 6.70. The van der Waals surface area contributed by atoms with Gasteiger partial charge in [0.1, 0.15) is 6.61 Å². The van der Waals surface area contributed by atoms with E-state index in [4.69, 9.17) is 8.85 Å². The van der Waals surface area contributed by atoms with Crippen molar-refractivity contribution in [3.05, 3.63) is 0 Å². The van der Waals surface area contributed by atoms with Gasteiger partial charge in [-0.3, -0.25) is 0 Å². The number of hydrogen-bond acceptors (Lipinski definition) is 2. The third kappa shape index (κ3) is 6.06. The zero-order valence-electron chi connectivity index (χ0n) is 8.07. The van der Waals surface area contributed by atoms with Crippen LogP contribution in [0.4, 0.5) is 13.2 Å². The summed E-state index contributed by atoms with van der Waals surface area (Å²) in [6, 6.07) is 0.525. The molecule has 0 aliphatic rings. The van der Waals surface area contributed by atoms with E-state index in [-0.39, 0.29) is 0 Å². The fourth-order valence-corrected chi connectivity index (χ4v) is 2.36. The molecule has 0 saturated carbocycles. The average Bonchev–Trinajstić information content (AvgIpc) is 2.01. The number of rotatable bonds is 5. The van der Waals surface area contributed by atoms with E-state index in [2.05, 4.69) is 0 Å². The van der Waals surface area contributed by atoms with Crippen LogP contribution in [0, 0.1) is 0 Å². The van der Waals surface area contributed by atoms with Crippen LogP contribution in [0.1, 0.15) is 13.8 Å². The molecule has 1 unspecified atom stereocenters. The van der Waals surface area contributed by atoms with Crippen molar-refractivity contribution < 1.29 is 22.0 Å². The topological polar surface area (TPSA) is 18.5 Å². The van der Waals surface area contributed by atoms with Crippen molar-refractivity contribution in [2.24, 2.45) is 0 Å². The smallest absolute Gasteiger partial charge is 0.395 e. The second kappa shape index (κ2) is 4.97. The van der Waals surface area contributed by atoms with Gasteiger partial charge in [-0.1, -0.05) is 6.92 Å². The van der Waals surface area contributed by atoms with Gasteiger partial charge in [-0.15, -0.1) is 0 Å². The van der Waals surface area contributed by atoms with E-state index < -0.39 is 21.3 Å². The van der Waals surface area contributed by atoms with Gasteiger partial charge < -0.3 is 8.85 Å². The largest absolute Gasteiger partial charge is 0.410 e. The molecular weight excluding hydrogens is 201 g/mol. The minimum absolute atomic E-state index is 0.397. The summed E-state index contributed by atoms with van der Waals surface area (Å²) in [7, 11) is -2.55. The minimum Gasteiger partial charge on any atom is -0.395 e. The highest BCUT2D eigenvalue weighted by molar-refractivity contribution is 6.65. The third-order valence-corrected chi connectivity index (χ3v) is 4.57. The van der Waals surface area contributed by atoms with Gasteiger partial charge in [0.05, 0.1) is 0 Å². The molecule has 0 fully saturated rings. The van der Waals surface area contributed by atoms with E-state index in [0.29, 0.717) is 12.7 Å². The van der Waals surface area contributed by atoms with Crippen LogP contribution in [0.2, 0.25) is 12.6 Å². The first-order chi connectivity index (χ1) is 5.83. The molecule has 0 aromatic rings. The number of hydrogen-bond donors (Lipinski definition) is 0. The van der Waals surface area contributed by atoms with Crippen LogP contribution in [0.25, 0.3) is 0 Å². The minimum atomic E-state index is -4.26. The Bertz CT molecular complexity index is 151. The second-order valence-electron chi connectivity index (χ2n) is 2.82. The molecule has 0 aliphatic heterocycles. The maximum atomic E-state index is 11.8. The highest BCUT2D eigenvalue weighted by atomic mass is 28.4. The van der Waals surface area contributed by atoms with Gasteiger partial charge in [0, 0.05) is 6.61 Å². The molecule has 2 nitrogen and oxygen atoms in total. The Morgan fingerprint density at radius 1 is 1.15 bits per heavy atom. The van der Waals surface area contributed by atoms with Crippen molar-refractivity contribution in [2.45, 2.75) is 32.6 Å². The van der Waals surface area contributed by atoms with E-state index in [1.165, 1.54) is 0 Å². The van der Waals surface area contributed by atoms with Crippen molar-refractivity contribution in [1.82, 2.24) is 0 Å². The van der Waals surface area contributed by atoms with E-state index in [0.717, 1.165) is 0 Å². The Hall–Kier alpha value is -0.0731. The molecule has 0 saturated heterocycles. The van der Waals surface area contributed by atoms with E-state index >= 15 is 0 Å². The molecule has 0 aliphatic carbocycles. The summed E-state index contributed by atoms with van der Waals surface area (Å²) < 4.78 is 45.4. The van der Waals surface area contributed by atoms with Gasteiger partial charge in [0.15, 0.2) is 0 Å². The molecule has 0 aromatic carbocycles. The fraction of sp³-hybridized carbons (Fsp3) is 1.00. The standard InChI is InChI=1S/C7H15F3O2Si/c1-4-11-13(3,5-2)12-6-7(8,9)10/h4-6H2,1-3H3. The quantitative estimate of drug-likeness (QED) is 0.658. The van der Waals surface area contributed by atoms with Crippen molar-refractivity contribution in [1.29, 1.82) is 0 Å². The number of halogens is 3. The lowest BCUT2D eigenvalue weighted by Gasteiger charge is -2.25. The first-order valence-electron chi connectivity index (χ1n) is 4.17. The summed E-state index contributed by atoms with van der Waals surface area (Å²) >= 11 is 0. The monoisotopic (exact) mass is 216 g/mol. The first kappa shape index (κ1) is 12.9. The van der Waals surface area contributed by atoms with Gasteiger partial charge in [0.2, 0.25) is 0 Å². The van der Waals surface area contributed by atoms with Crippen molar-refractivity contribution in [2.75, 3.05) is 13.2 Å². The molecule has 13 heavy (non-hydrogen) atoms. The Balaban J connectivity index is 3.97. The molecule has 0 aromatic heterocycles. The van der Waals surface area contributed by atoms with Crippen LogP contribution in [0.3, 0.4) is 0 Å². The second-order valence-corrected chi connectivity index (χ2v) is 6.38. The average molecular weight is 216 g/mol. The SMILES string of the molecule is CCO[Si](C)(CC)OCC(F)(F)F. The van der Waals surface area contributed by atoms with Crippen LogP contribution in [-0.2, 0) is 8.85 Å². The van der Waals surface area contributed by atoms with Crippen molar-refractivity contribution in [3.8, 4) is 0 Å². The predicted octanol–water partition coefficient (Wildman–Crippen LogP) is 2.69. The normalized spacial score (nSPS) is 17.1. The van der Waals surface area contributed by atoms with Crippen LogP contribution in [0.5, 0.6) is 0 Å². The van der Waals surface area contributed by atoms with Crippen LogP contribution >= 0.6 is 0 Å². The predicted molar refractivity (Wildman–Crippen MR) is 45.7 cm³/mol. The summed E-state index contributed by atoms with van der Waals surface area (Å²) in [6.07, 6.45) is -4.26. The zero-order valence-corrected chi connectivity index (χ0v) is 9.07. The molecule has 0 spiro atoms. The summed E-state index contributed by atoms with van der Waals surface area (Å²) in [5.74, 6) is 0. The Kier molecular flexibility index (Phi) is 4.94. The maximum Gasteiger partial charge on any atom is 0.410 e. The van der Waals surface area contributed by atoms with Gasteiger partial charge >= 0.3 is 14.7 Å². The van der Waals surface area contributed by atoms with E-state index in [1.54, 1.807) is 20.4 Å². The van der Waals surface area contributed by atoms with Crippen LogP contribution in [0.15, 0.2) is 0 Å². The molecule has 1 atom stereocenters. The summed E-state index contributed by atoms with van der Waals surface area (Å²) in [4.78, 5) is 0. The summed E-state index contributed by atoms with van der Waals surface area (Å²) in [6.45, 7) is 4.36. The molecule has 0 amide bonds.